The van der Waals surface area contributed by atoms with Crippen LogP contribution in [0.1, 0.15) is 12.8 Å². The number of hydrogen-bond acceptors (Lipinski definition) is 2. The standard InChI is InChI=1S/C8H14INO/c9-3-7-1-2-8(6-11-7)4-10-5-8/h7,10H,1-6H2. The van der Waals surface area contributed by atoms with E-state index < -0.39 is 0 Å². The number of ether oxygens (including phenoxy) is 1. The maximum absolute atomic E-state index is 5.74. The lowest BCUT2D eigenvalue weighted by atomic mass is 9.76. The predicted molar refractivity (Wildman–Crippen MR) is 53.2 cm³/mol. The molecule has 0 aromatic heterocycles. The van der Waals surface area contributed by atoms with Gasteiger partial charge < -0.3 is 10.1 Å². The van der Waals surface area contributed by atoms with Crippen LogP contribution < -0.4 is 5.32 Å². The molecule has 2 aliphatic rings. The fourth-order valence-corrected chi connectivity index (χ4v) is 2.49. The fourth-order valence-electron chi connectivity index (χ4n) is 1.80. The summed E-state index contributed by atoms with van der Waals surface area (Å²) >= 11 is 2.41. The van der Waals surface area contributed by atoms with Crippen molar-refractivity contribution >= 4 is 22.6 Å². The normalized spacial score (nSPS) is 35.2. The number of alkyl halides is 1. The Hall–Kier alpha value is 0.650. The number of nitrogens with one attached hydrogen (secondary N) is 1. The van der Waals surface area contributed by atoms with Gasteiger partial charge in [-0.1, -0.05) is 22.6 Å². The van der Waals surface area contributed by atoms with Gasteiger partial charge in [-0.25, -0.2) is 0 Å². The van der Waals surface area contributed by atoms with E-state index in [9.17, 15) is 0 Å². The minimum atomic E-state index is 0.543. The van der Waals surface area contributed by atoms with Crippen LogP contribution in [0.25, 0.3) is 0 Å². The van der Waals surface area contributed by atoms with Gasteiger partial charge in [0, 0.05) is 22.9 Å². The third kappa shape index (κ3) is 1.55. The Morgan fingerprint density at radius 1 is 1.55 bits per heavy atom. The number of rotatable bonds is 1. The minimum Gasteiger partial charge on any atom is -0.377 e. The van der Waals surface area contributed by atoms with Crippen molar-refractivity contribution in [2.24, 2.45) is 5.41 Å². The van der Waals surface area contributed by atoms with Crippen LogP contribution in [0.2, 0.25) is 0 Å². The SMILES string of the molecule is ICC1CCC2(CNC2)CO1. The third-order valence-corrected chi connectivity index (χ3v) is 3.78. The maximum atomic E-state index is 5.74. The Morgan fingerprint density at radius 3 is 2.73 bits per heavy atom. The topological polar surface area (TPSA) is 21.3 Å². The molecule has 0 aliphatic carbocycles. The molecule has 0 aromatic carbocycles. The largest absolute Gasteiger partial charge is 0.377 e. The zero-order valence-electron chi connectivity index (χ0n) is 6.61. The molecule has 3 heteroatoms. The van der Waals surface area contributed by atoms with E-state index in [-0.39, 0.29) is 0 Å². The molecule has 2 nitrogen and oxygen atoms in total. The van der Waals surface area contributed by atoms with Crippen molar-refractivity contribution in [2.75, 3.05) is 24.1 Å². The quantitative estimate of drug-likeness (QED) is 0.569. The summed E-state index contributed by atoms with van der Waals surface area (Å²) in [6.45, 7) is 3.36. The average molecular weight is 267 g/mol. The van der Waals surface area contributed by atoms with Crippen LogP contribution in [0, 0.1) is 5.41 Å². The summed E-state index contributed by atoms with van der Waals surface area (Å²) in [5, 5.41) is 3.32. The molecule has 1 N–H and O–H groups in total. The highest BCUT2D eigenvalue weighted by Gasteiger charge is 2.40. The summed E-state index contributed by atoms with van der Waals surface area (Å²) in [5.74, 6) is 0. The van der Waals surface area contributed by atoms with E-state index in [4.69, 9.17) is 4.74 Å². The summed E-state index contributed by atoms with van der Waals surface area (Å²) in [6.07, 6.45) is 3.18. The van der Waals surface area contributed by atoms with Crippen LogP contribution in [0.3, 0.4) is 0 Å². The summed E-state index contributed by atoms with van der Waals surface area (Å²) in [5.41, 5.74) is 0.544. The first kappa shape index (κ1) is 8.26. The average Bonchev–Trinajstić information content (AvgIpc) is 2.02. The van der Waals surface area contributed by atoms with Crippen molar-refractivity contribution in [1.29, 1.82) is 0 Å². The smallest absolute Gasteiger partial charge is 0.0665 e. The summed E-state index contributed by atoms with van der Waals surface area (Å²) in [7, 11) is 0. The van der Waals surface area contributed by atoms with Crippen molar-refractivity contribution in [3.8, 4) is 0 Å². The van der Waals surface area contributed by atoms with E-state index in [0.717, 1.165) is 11.0 Å². The zero-order chi connectivity index (χ0) is 7.73. The van der Waals surface area contributed by atoms with E-state index in [0.29, 0.717) is 11.5 Å². The second kappa shape index (κ2) is 3.18. The van der Waals surface area contributed by atoms with Crippen LogP contribution >= 0.6 is 22.6 Å². The maximum Gasteiger partial charge on any atom is 0.0665 e. The molecule has 2 rings (SSSR count). The Bertz CT molecular complexity index is 137. The van der Waals surface area contributed by atoms with Crippen LogP contribution in [-0.2, 0) is 4.74 Å². The lowest BCUT2D eigenvalue weighted by Crippen LogP contribution is -2.58. The molecule has 0 amide bonds. The molecule has 1 spiro atoms. The highest BCUT2D eigenvalue weighted by molar-refractivity contribution is 14.1. The molecule has 1 unspecified atom stereocenters. The van der Waals surface area contributed by atoms with E-state index >= 15 is 0 Å². The highest BCUT2D eigenvalue weighted by atomic mass is 127. The van der Waals surface area contributed by atoms with E-state index in [1.165, 1.54) is 25.9 Å². The summed E-state index contributed by atoms with van der Waals surface area (Å²) < 4.78 is 6.89. The second-order valence-electron chi connectivity index (χ2n) is 3.73. The first-order valence-electron chi connectivity index (χ1n) is 4.23. The van der Waals surface area contributed by atoms with Gasteiger partial charge in [-0.15, -0.1) is 0 Å². The van der Waals surface area contributed by atoms with Crippen LogP contribution in [0.5, 0.6) is 0 Å². The van der Waals surface area contributed by atoms with Gasteiger partial charge in [-0.05, 0) is 12.8 Å². The van der Waals surface area contributed by atoms with Gasteiger partial charge in [0.2, 0.25) is 0 Å². The Morgan fingerprint density at radius 2 is 2.36 bits per heavy atom. The second-order valence-corrected chi connectivity index (χ2v) is 4.61. The third-order valence-electron chi connectivity index (χ3n) is 2.79. The van der Waals surface area contributed by atoms with Gasteiger partial charge >= 0.3 is 0 Å². The molecular formula is C8H14INO. The molecular weight excluding hydrogens is 253 g/mol. The summed E-state index contributed by atoms with van der Waals surface area (Å²) in [4.78, 5) is 0. The Balaban J connectivity index is 1.84. The van der Waals surface area contributed by atoms with Gasteiger partial charge in [-0.2, -0.15) is 0 Å². The van der Waals surface area contributed by atoms with Gasteiger partial charge in [0.1, 0.15) is 0 Å². The minimum absolute atomic E-state index is 0.543. The predicted octanol–water partition coefficient (Wildman–Crippen LogP) is 1.19. The van der Waals surface area contributed by atoms with E-state index in [1.54, 1.807) is 0 Å². The van der Waals surface area contributed by atoms with Crippen LogP contribution in [0.4, 0.5) is 0 Å². The monoisotopic (exact) mass is 267 g/mol. The molecule has 0 bridgehead atoms. The molecule has 11 heavy (non-hydrogen) atoms. The first-order chi connectivity index (χ1) is 5.35. The molecule has 64 valence electrons. The van der Waals surface area contributed by atoms with Crippen molar-refractivity contribution in [3.05, 3.63) is 0 Å². The van der Waals surface area contributed by atoms with Crippen molar-refractivity contribution in [3.63, 3.8) is 0 Å². The molecule has 2 fully saturated rings. The van der Waals surface area contributed by atoms with Crippen molar-refractivity contribution in [1.82, 2.24) is 5.32 Å². The van der Waals surface area contributed by atoms with Crippen LogP contribution in [0.15, 0.2) is 0 Å². The van der Waals surface area contributed by atoms with Gasteiger partial charge in [0.25, 0.3) is 0 Å². The molecule has 0 radical (unpaired) electrons. The lowest BCUT2D eigenvalue weighted by Gasteiger charge is -2.46. The molecule has 2 saturated heterocycles. The van der Waals surface area contributed by atoms with Gasteiger partial charge in [0.05, 0.1) is 12.7 Å². The lowest BCUT2D eigenvalue weighted by molar-refractivity contribution is -0.0733. The molecule has 1 atom stereocenters. The van der Waals surface area contributed by atoms with Crippen molar-refractivity contribution in [2.45, 2.75) is 18.9 Å². The molecule has 0 saturated carbocycles. The number of halogens is 1. The Kier molecular flexibility index (Phi) is 2.39. The van der Waals surface area contributed by atoms with E-state index in [1.807, 2.05) is 0 Å². The van der Waals surface area contributed by atoms with Gasteiger partial charge in [0.15, 0.2) is 0 Å². The molecule has 2 aliphatic heterocycles. The first-order valence-corrected chi connectivity index (χ1v) is 5.76. The highest BCUT2D eigenvalue weighted by Crippen LogP contribution is 2.34. The van der Waals surface area contributed by atoms with E-state index in [2.05, 4.69) is 27.9 Å². The Labute approximate surface area is 81.2 Å². The van der Waals surface area contributed by atoms with Crippen LogP contribution in [-0.4, -0.2) is 30.2 Å². The number of hydrogen-bond donors (Lipinski definition) is 1. The molecule has 0 aromatic rings. The van der Waals surface area contributed by atoms with Crippen molar-refractivity contribution < 1.29 is 4.74 Å². The zero-order valence-corrected chi connectivity index (χ0v) is 8.76. The molecule has 2 heterocycles. The fraction of sp³-hybridized carbons (Fsp3) is 1.00. The summed E-state index contributed by atoms with van der Waals surface area (Å²) in [6, 6.07) is 0. The van der Waals surface area contributed by atoms with Gasteiger partial charge in [-0.3, -0.25) is 0 Å².